The topological polar surface area (TPSA) is 121 Å². The molecule has 1 amide bonds. The summed E-state index contributed by atoms with van der Waals surface area (Å²) in [6, 6.07) is -0.939. The van der Waals surface area contributed by atoms with Crippen molar-refractivity contribution in [1.29, 1.82) is 0 Å². The zero-order chi connectivity index (χ0) is 12.1. The molecule has 0 aliphatic rings. The SMILES string of the molecule is CC(C)C[C@H](NC(=O)c1nn[nH]n1)C(=O)O. The molecule has 1 rings (SSSR count). The molecule has 0 spiro atoms. The number of aliphatic carboxylic acids is 1. The number of hydrogen-bond acceptors (Lipinski definition) is 5. The second kappa shape index (κ2) is 5.19. The van der Waals surface area contributed by atoms with Crippen molar-refractivity contribution in [3.8, 4) is 0 Å². The molecule has 1 aromatic rings. The van der Waals surface area contributed by atoms with Gasteiger partial charge in [-0.15, -0.1) is 10.2 Å². The summed E-state index contributed by atoms with van der Waals surface area (Å²) >= 11 is 0. The molecule has 88 valence electrons. The first-order valence-electron chi connectivity index (χ1n) is 4.77. The van der Waals surface area contributed by atoms with Crippen LogP contribution in [0.4, 0.5) is 0 Å². The number of amides is 1. The van der Waals surface area contributed by atoms with E-state index in [1.807, 2.05) is 13.8 Å². The molecule has 3 N–H and O–H groups in total. The van der Waals surface area contributed by atoms with E-state index in [4.69, 9.17) is 5.11 Å². The molecule has 0 saturated carbocycles. The molecule has 0 aromatic carbocycles. The Morgan fingerprint density at radius 2 is 2.19 bits per heavy atom. The number of aromatic amines is 1. The number of nitrogens with zero attached hydrogens (tertiary/aromatic N) is 3. The smallest absolute Gasteiger partial charge is 0.326 e. The Morgan fingerprint density at radius 1 is 1.50 bits per heavy atom. The van der Waals surface area contributed by atoms with E-state index in [0.29, 0.717) is 6.42 Å². The Bertz CT molecular complexity index is 362. The van der Waals surface area contributed by atoms with Crippen LogP contribution in [0.15, 0.2) is 0 Å². The molecule has 8 heteroatoms. The van der Waals surface area contributed by atoms with E-state index in [1.54, 1.807) is 0 Å². The fourth-order valence-corrected chi connectivity index (χ4v) is 1.17. The van der Waals surface area contributed by atoms with Crippen molar-refractivity contribution < 1.29 is 14.7 Å². The number of rotatable bonds is 5. The highest BCUT2D eigenvalue weighted by Gasteiger charge is 2.23. The van der Waals surface area contributed by atoms with E-state index < -0.39 is 17.9 Å². The average molecular weight is 227 g/mol. The normalized spacial score (nSPS) is 12.4. The van der Waals surface area contributed by atoms with E-state index in [9.17, 15) is 9.59 Å². The summed E-state index contributed by atoms with van der Waals surface area (Å²) in [6.07, 6.45) is 0.346. The van der Waals surface area contributed by atoms with Crippen LogP contribution in [0.25, 0.3) is 0 Å². The fraction of sp³-hybridized carbons (Fsp3) is 0.625. The molecule has 0 saturated heterocycles. The van der Waals surface area contributed by atoms with Gasteiger partial charge < -0.3 is 10.4 Å². The van der Waals surface area contributed by atoms with Crippen LogP contribution in [0.2, 0.25) is 0 Å². The van der Waals surface area contributed by atoms with Crippen LogP contribution >= 0.6 is 0 Å². The molecule has 0 aliphatic carbocycles. The van der Waals surface area contributed by atoms with Crippen molar-refractivity contribution in [3.63, 3.8) is 0 Å². The maximum absolute atomic E-state index is 11.4. The van der Waals surface area contributed by atoms with Crippen molar-refractivity contribution in [1.82, 2.24) is 25.9 Å². The zero-order valence-corrected chi connectivity index (χ0v) is 8.97. The molecule has 0 aliphatic heterocycles. The molecule has 1 atom stereocenters. The van der Waals surface area contributed by atoms with Gasteiger partial charge in [0.2, 0.25) is 0 Å². The summed E-state index contributed by atoms with van der Waals surface area (Å²) in [6.45, 7) is 3.74. The molecule has 1 aromatic heterocycles. The Morgan fingerprint density at radius 3 is 2.62 bits per heavy atom. The number of nitrogens with one attached hydrogen (secondary N) is 2. The van der Waals surface area contributed by atoms with Gasteiger partial charge in [0.25, 0.3) is 11.7 Å². The lowest BCUT2D eigenvalue weighted by atomic mass is 10.0. The van der Waals surface area contributed by atoms with Gasteiger partial charge >= 0.3 is 5.97 Å². The van der Waals surface area contributed by atoms with Gasteiger partial charge in [-0.05, 0) is 17.6 Å². The van der Waals surface area contributed by atoms with Crippen molar-refractivity contribution in [2.45, 2.75) is 26.3 Å². The van der Waals surface area contributed by atoms with Crippen molar-refractivity contribution in [3.05, 3.63) is 5.82 Å². The van der Waals surface area contributed by atoms with E-state index in [1.165, 1.54) is 0 Å². The van der Waals surface area contributed by atoms with Crippen molar-refractivity contribution in [2.24, 2.45) is 5.92 Å². The standard InChI is InChI=1S/C8H13N5O3/c1-4(2)3-5(8(15)16)9-7(14)6-10-12-13-11-6/h4-5H,3H2,1-2H3,(H,9,14)(H,15,16)(H,10,11,12,13)/t5-/m0/s1. The Kier molecular flexibility index (Phi) is 3.92. The van der Waals surface area contributed by atoms with E-state index >= 15 is 0 Å². The molecule has 0 radical (unpaired) electrons. The van der Waals surface area contributed by atoms with Crippen molar-refractivity contribution >= 4 is 11.9 Å². The number of carboxylic acids is 1. The Balaban J connectivity index is 2.62. The number of tetrazole rings is 1. The molecule has 0 fully saturated rings. The van der Waals surface area contributed by atoms with Gasteiger partial charge in [0, 0.05) is 0 Å². The maximum Gasteiger partial charge on any atom is 0.326 e. The summed E-state index contributed by atoms with van der Waals surface area (Å²) in [5.74, 6) is -1.74. The highest BCUT2D eigenvalue weighted by atomic mass is 16.4. The summed E-state index contributed by atoms with van der Waals surface area (Å²) in [7, 11) is 0. The monoisotopic (exact) mass is 227 g/mol. The lowest BCUT2D eigenvalue weighted by Gasteiger charge is -2.14. The first-order chi connectivity index (χ1) is 7.50. The van der Waals surface area contributed by atoms with E-state index in [-0.39, 0.29) is 11.7 Å². The van der Waals surface area contributed by atoms with Gasteiger partial charge in [0.05, 0.1) is 0 Å². The van der Waals surface area contributed by atoms with Crippen LogP contribution in [0.5, 0.6) is 0 Å². The largest absolute Gasteiger partial charge is 0.480 e. The first-order valence-corrected chi connectivity index (χ1v) is 4.77. The van der Waals surface area contributed by atoms with Crippen LogP contribution in [-0.2, 0) is 4.79 Å². The van der Waals surface area contributed by atoms with Crippen LogP contribution in [0.1, 0.15) is 30.9 Å². The maximum atomic E-state index is 11.4. The van der Waals surface area contributed by atoms with Gasteiger partial charge in [-0.2, -0.15) is 5.21 Å². The predicted molar refractivity (Wildman–Crippen MR) is 52.5 cm³/mol. The Hall–Kier alpha value is -1.99. The average Bonchev–Trinajstić information content (AvgIpc) is 2.68. The quantitative estimate of drug-likeness (QED) is 0.619. The lowest BCUT2D eigenvalue weighted by molar-refractivity contribution is -0.139. The molecule has 1 heterocycles. The molecule has 8 nitrogen and oxygen atoms in total. The minimum atomic E-state index is -1.08. The molecular weight excluding hydrogens is 214 g/mol. The Labute approximate surface area is 91.4 Å². The summed E-state index contributed by atoms with van der Waals surface area (Å²) < 4.78 is 0. The fourth-order valence-electron chi connectivity index (χ4n) is 1.17. The summed E-state index contributed by atoms with van der Waals surface area (Å²) in [4.78, 5) is 22.3. The second-order valence-corrected chi connectivity index (χ2v) is 3.73. The van der Waals surface area contributed by atoms with Crippen molar-refractivity contribution in [2.75, 3.05) is 0 Å². The van der Waals surface area contributed by atoms with Gasteiger partial charge in [0.15, 0.2) is 0 Å². The third kappa shape index (κ3) is 3.30. The number of aromatic nitrogens is 4. The predicted octanol–water partition coefficient (Wildman–Crippen LogP) is -0.571. The molecule has 16 heavy (non-hydrogen) atoms. The number of carbonyl (C=O) groups excluding carboxylic acids is 1. The first kappa shape index (κ1) is 12.1. The summed E-state index contributed by atoms with van der Waals surface area (Å²) in [5.41, 5.74) is 0. The van der Waals surface area contributed by atoms with Gasteiger partial charge in [-0.25, -0.2) is 4.79 Å². The lowest BCUT2D eigenvalue weighted by Crippen LogP contribution is -2.42. The number of carbonyl (C=O) groups is 2. The van der Waals surface area contributed by atoms with Crippen LogP contribution < -0.4 is 5.32 Å². The second-order valence-electron chi connectivity index (χ2n) is 3.73. The number of H-pyrrole nitrogens is 1. The molecule has 0 bridgehead atoms. The van der Waals surface area contributed by atoms with E-state index in [0.717, 1.165) is 0 Å². The third-order valence-corrected chi connectivity index (χ3v) is 1.86. The molecular formula is C8H13N5O3. The van der Waals surface area contributed by atoms with Gasteiger partial charge in [-0.3, -0.25) is 4.79 Å². The molecule has 0 unspecified atom stereocenters. The van der Waals surface area contributed by atoms with Crippen LogP contribution in [0, 0.1) is 5.92 Å². The number of carboxylic acid groups (broad SMARTS) is 1. The minimum absolute atomic E-state index is 0.159. The minimum Gasteiger partial charge on any atom is -0.480 e. The third-order valence-electron chi connectivity index (χ3n) is 1.86. The van der Waals surface area contributed by atoms with Crippen LogP contribution in [-0.4, -0.2) is 43.6 Å². The van der Waals surface area contributed by atoms with E-state index in [2.05, 4.69) is 25.9 Å². The van der Waals surface area contributed by atoms with Gasteiger partial charge in [-0.1, -0.05) is 13.8 Å². The highest BCUT2D eigenvalue weighted by molar-refractivity contribution is 5.93. The summed E-state index contributed by atoms with van der Waals surface area (Å²) in [5, 5.41) is 23.5. The number of hydrogen-bond donors (Lipinski definition) is 3. The van der Waals surface area contributed by atoms with Crippen LogP contribution in [0.3, 0.4) is 0 Å². The highest BCUT2D eigenvalue weighted by Crippen LogP contribution is 2.05. The zero-order valence-electron chi connectivity index (χ0n) is 8.97. The van der Waals surface area contributed by atoms with Gasteiger partial charge in [0.1, 0.15) is 6.04 Å².